The van der Waals surface area contributed by atoms with Crippen molar-refractivity contribution in [2.75, 3.05) is 23.4 Å². The summed E-state index contributed by atoms with van der Waals surface area (Å²) in [5.41, 5.74) is -1.10. The van der Waals surface area contributed by atoms with Crippen LogP contribution in [0.15, 0.2) is 42.5 Å². The van der Waals surface area contributed by atoms with Crippen LogP contribution in [0.4, 0.5) is 34.6 Å². The van der Waals surface area contributed by atoms with Crippen LogP contribution < -0.4 is 10.2 Å². The van der Waals surface area contributed by atoms with Crippen molar-refractivity contribution in [2.24, 2.45) is 0 Å². The summed E-state index contributed by atoms with van der Waals surface area (Å²) < 4.78 is 62.7. The normalized spacial score (nSPS) is 17.0. The first-order chi connectivity index (χ1) is 16.0. The number of hydrogen-bond donors (Lipinski definition) is 1. The molecule has 0 saturated carbocycles. The Morgan fingerprint density at radius 2 is 1.91 bits per heavy atom. The predicted molar refractivity (Wildman–Crippen MR) is 110 cm³/mol. The van der Waals surface area contributed by atoms with E-state index in [0.29, 0.717) is 0 Å². The van der Waals surface area contributed by atoms with Crippen LogP contribution in [0, 0.1) is 12.4 Å². The third kappa shape index (κ3) is 5.49. The highest BCUT2D eigenvalue weighted by Crippen LogP contribution is 2.31. The van der Waals surface area contributed by atoms with Crippen molar-refractivity contribution < 1.29 is 41.4 Å². The second-order valence-electron chi connectivity index (χ2n) is 7.12. The summed E-state index contributed by atoms with van der Waals surface area (Å²) in [5.74, 6) is -3.62. The maximum atomic E-state index is 13.9. The van der Waals surface area contributed by atoms with E-state index < -0.39 is 47.5 Å². The van der Waals surface area contributed by atoms with Gasteiger partial charge in [0.25, 0.3) is 11.8 Å². The zero-order valence-corrected chi connectivity index (χ0v) is 17.6. The highest BCUT2D eigenvalue weighted by molar-refractivity contribution is 6.04. The number of nitrogens with zero attached hydrogens (tertiary/aromatic N) is 2. The lowest BCUT2D eigenvalue weighted by Gasteiger charge is -2.35. The third-order valence-electron chi connectivity index (χ3n) is 4.79. The Kier molecular flexibility index (Phi) is 7.17. The summed E-state index contributed by atoms with van der Waals surface area (Å²) in [5, 5.41) is 2.30. The van der Waals surface area contributed by atoms with Gasteiger partial charge in [-0.2, -0.15) is 13.2 Å². The van der Waals surface area contributed by atoms with Crippen molar-refractivity contribution in [2.45, 2.75) is 25.3 Å². The summed E-state index contributed by atoms with van der Waals surface area (Å²) >= 11 is 0. The van der Waals surface area contributed by atoms with Crippen molar-refractivity contribution in [1.82, 2.24) is 0 Å². The molecule has 8 nitrogen and oxygen atoms in total. The van der Waals surface area contributed by atoms with Gasteiger partial charge in [-0.1, -0.05) is 6.07 Å². The van der Waals surface area contributed by atoms with Crippen molar-refractivity contribution in [3.63, 3.8) is 0 Å². The standard InChI is InChI=1S/C22H17F4N3O5/c1-12(30)34-18(20(31)28-14-5-8-17(27-2)16(23)11-14)19-21(32)29(9-10-33-19)15-6-3-13(4-7-15)22(24,25)26/h3-8,11,18-19H,9-10H2,1H3,(H,28,31)/t18-,19-/m1/s1. The zero-order chi connectivity index (χ0) is 25.0. The molecule has 1 fully saturated rings. The van der Waals surface area contributed by atoms with E-state index in [4.69, 9.17) is 16.0 Å². The number of alkyl halides is 3. The van der Waals surface area contributed by atoms with Gasteiger partial charge in [-0.25, -0.2) is 9.24 Å². The molecule has 1 heterocycles. The number of carbonyl (C=O) groups excluding carboxylic acids is 3. The first-order valence-electron chi connectivity index (χ1n) is 9.76. The lowest BCUT2D eigenvalue weighted by atomic mass is 10.1. The van der Waals surface area contributed by atoms with Gasteiger partial charge in [0.05, 0.1) is 18.7 Å². The van der Waals surface area contributed by atoms with E-state index in [1.54, 1.807) is 0 Å². The van der Waals surface area contributed by atoms with Gasteiger partial charge < -0.3 is 19.7 Å². The van der Waals surface area contributed by atoms with Gasteiger partial charge in [0.2, 0.25) is 11.8 Å². The fourth-order valence-corrected chi connectivity index (χ4v) is 3.23. The second kappa shape index (κ2) is 9.88. The number of nitrogens with one attached hydrogen (secondary N) is 1. The van der Waals surface area contributed by atoms with Crippen LogP contribution >= 0.6 is 0 Å². The summed E-state index contributed by atoms with van der Waals surface area (Å²) in [7, 11) is 0. The minimum Gasteiger partial charge on any atom is -0.449 e. The molecule has 1 N–H and O–H groups in total. The molecule has 34 heavy (non-hydrogen) atoms. The smallest absolute Gasteiger partial charge is 0.416 e. The Balaban J connectivity index is 1.83. The number of esters is 1. The number of amides is 2. The van der Waals surface area contributed by atoms with Crippen LogP contribution in [0.2, 0.25) is 0 Å². The molecule has 2 atom stereocenters. The first kappa shape index (κ1) is 24.7. The average Bonchev–Trinajstić information content (AvgIpc) is 2.77. The monoisotopic (exact) mass is 479 g/mol. The summed E-state index contributed by atoms with van der Waals surface area (Å²) in [6.07, 6.45) is -7.93. The molecule has 12 heteroatoms. The lowest BCUT2D eigenvalue weighted by molar-refractivity contribution is -0.167. The molecule has 2 amide bonds. The number of carbonyl (C=O) groups is 3. The molecule has 1 aliphatic heterocycles. The number of morpholine rings is 1. The van der Waals surface area contributed by atoms with E-state index in [9.17, 15) is 31.9 Å². The first-order valence-corrected chi connectivity index (χ1v) is 9.76. The van der Waals surface area contributed by atoms with Gasteiger partial charge >= 0.3 is 12.1 Å². The predicted octanol–water partition coefficient (Wildman–Crippen LogP) is 3.70. The van der Waals surface area contributed by atoms with Crippen LogP contribution in [0.25, 0.3) is 4.85 Å². The number of rotatable bonds is 5. The molecule has 0 aromatic heterocycles. The van der Waals surface area contributed by atoms with Gasteiger partial charge in [0.15, 0.2) is 6.10 Å². The van der Waals surface area contributed by atoms with Gasteiger partial charge in [0.1, 0.15) is 5.82 Å². The van der Waals surface area contributed by atoms with Crippen LogP contribution in [-0.4, -0.2) is 43.1 Å². The minimum absolute atomic E-state index is 0.0155. The second-order valence-corrected chi connectivity index (χ2v) is 7.12. The van der Waals surface area contributed by atoms with E-state index in [2.05, 4.69) is 10.2 Å². The van der Waals surface area contributed by atoms with E-state index in [-0.39, 0.29) is 30.2 Å². The van der Waals surface area contributed by atoms with Gasteiger partial charge in [-0.3, -0.25) is 14.4 Å². The zero-order valence-electron chi connectivity index (χ0n) is 17.6. The third-order valence-corrected chi connectivity index (χ3v) is 4.79. The SMILES string of the molecule is [C-]#[N+]c1ccc(NC(=O)[C@H](OC(C)=O)[C@H]2OCCN(c3ccc(C(F)(F)F)cc3)C2=O)cc1F. The number of hydrogen-bond acceptors (Lipinski definition) is 5. The highest BCUT2D eigenvalue weighted by Gasteiger charge is 2.43. The number of benzene rings is 2. The topological polar surface area (TPSA) is 89.3 Å². The van der Waals surface area contributed by atoms with Crippen molar-refractivity contribution in [3.05, 3.63) is 65.3 Å². The van der Waals surface area contributed by atoms with E-state index in [1.807, 2.05) is 0 Å². The van der Waals surface area contributed by atoms with Crippen LogP contribution in [0.5, 0.6) is 0 Å². The van der Waals surface area contributed by atoms with Crippen LogP contribution in [0.1, 0.15) is 12.5 Å². The van der Waals surface area contributed by atoms with Crippen molar-refractivity contribution in [3.8, 4) is 0 Å². The molecule has 0 spiro atoms. The maximum absolute atomic E-state index is 13.9. The van der Waals surface area contributed by atoms with Crippen LogP contribution in [0.3, 0.4) is 0 Å². The molecule has 0 unspecified atom stereocenters. The Hall–Kier alpha value is -3.98. The Morgan fingerprint density at radius 1 is 1.24 bits per heavy atom. The summed E-state index contributed by atoms with van der Waals surface area (Å²) in [6.45, 7) is 7.75. The van der Waals surface area contributed by atoms with Crippen molar-refractivity contribution in [1.29, 1.82) is 0 Å². The average molecular weight is 479 g/mol. The van der Waals surface area contributed by atoms with Gasteiger partial charge in [0, 0.05) is 24.8 Å². The van der Waals surface area contributed by atoms with Gasteiger partial charge in [-0.05, 0) is 36.4 Å². The largest absolute Gasteiger partial charge is 0.449 e. The molecular formula is C22H17F4N3O5. The lowest BCUT2D eigenvalue weighted by Crippen LogP contribution is -2.56. The number of halogens is 4. The Bertz CT molecular complexity index is 1140. The molecule has 2 aromatic carbocycles. The summed E-state index contributed by atoms with van der Waals surface area (Å²) in [4.78, 5) is 41.5. The Labute approximate surface area is 190 Å². The summed E-state index contributed by atoms with van der Waals surface area (Å²) in [6, 6.07) is 7.09. The fraction of sp³-hybridized carbons (Fsp3) is 0.273. The molecule has 2 aromatic rings. The molecule has 0 bridgehead atoms. The number of ether oxygens (including phenoxy) is 2. The maximum Gasteiger partial charge on any atom is 0.416 e. The molecule has 178 valence electrons. The molecule has 1 saturated heterocycles. The van der Waals surface area contributed by atoms with Gasteiger partial charge in [-0.15, -0.1) is 0 Å². The Morgan fingerprint density at radius 3 is 2.47 bits per heavy atom. The molecule has 3 rings (SSSR count). The molecule has 0 aliphatic carbocycles. The molecule has 1 aliphatic rings. The highest BCUT2D eigenvalue weighted by atomic mass is 19.4. The van der Waals surface area contributed by atoms with Crippen LogP contribution in [-0.2, 0) is 30.0 Å². The minimum atomic E-state index is -4.55. The molecule has 0 radical (unpaired) electrons. The van der Waals surface area contributed by atoms with E-state index >= 15 is 0 Å². The number of anilines is 2. The quantitative estimate of drug-likeness (QED) is 0.402. The van der Waals surface area contributed by atoms with E-state index in [1.165, 1.54) is 6.07 Å². The van der Waals surface area contributed by atoms with Crippen molar-refractivity contribution >= 4 is 34.8 Å². The van der Waals surface area contributed by atoms with E-state index in [0.717, 1.165) is 48.2 Å². The molecular weight excluding hydrogens is 462 g/mol. The fourth-order valence-electron chi connectivity index (χ4n) is 3.23.